The zero-order valence-electron chi connectivity index (χ0n) is 14.0. The summed E-state index contributed by atoms with van der Waals surface area (Å²) in [6.07, 6.45) is 1.57. The van der Waals surface area contributed by atoms with Crippen molar-refractivity contribution in [1.82, 2.24) is 10.2 Å². The Labute approximate surface area is 147 Å². The van der Waals surface area contributed by atoms with E-state index in [1.54, 1.807) is 11.3 Å². The van der Waals surface area contributed by atoms with Gasteiger partial charge in [0.2, 0.25) is 5.91 Å². The zero-order valence-corrected chi connectivity index (χ0v) is 14.8. The maximum absolute atomic E-state index is 12.1. The Bertz CT molecular complexity index is 657. The van der Waals surface area contributed by atoms with Crippen LogP contribution in [0.4, 0.5) is 0 Å². The number of hydrogen-bond donors (Lipinski definition) is 1. The summed E-state index contributed by atoms with van der Waals surface area (Å²) in [5.74, 6) is 1.09. The Morgan fingerprint density at radius 1 is 1.33 bits per heavy atom. The number of thiophene rings is 1. The molecule has 2 aromatic rings. The van der Waals surface area contributed by atoms with Crippen LogP contribution in [0.5, 0.6) is 5.75 Å². The first-order valence-electron chi connectivity index (χ1n) is 8.46. The van der Waals surface area contributed by atoms with E-state index >= 15 is 0 Å². The van der Waals surface area contributed by atoms with Crippen LogP contribution in [0, 0.1) is 0 Å². The summed E-state index contributed by atoms with van der Waals surface area (Å²) in [7, 11) is 0. The number of carbonyl (C=O) groups is 1. The molecule has 1 atom stereocenters. The van der Waals surface area contributed by atoms with Crippen molar-refractivity contribution < 1.29 is 9.53 Å². The Kier molecular flexibility index (Phi) is 5.88. The molecule has 1 amide bonds. The van der Waals surface area contributed by atoms with E-state index in [0.717, 1.165) is 31.8 Å². The molecular weight excluding hydrogens is 320 g/mol. The normalized spacial score (nSPS) is 17.6. The van der Waals surface area contributed by atoms with Crippen LogP contribution in [0.25, 0.3) is 0 Å². The summed E-state index contributed by atoms with van der Waals surface area (Å²) in [5, 5.41) is 5.08. The van der Waals surface area contributed by atoms with Crippen molar-refractivity contribution in [3.63, 3.8) is 0 Å². The third-order valence-electron chi connectivity index (χ3n) is 4.14. The summed E-state index contributed by atoms with van der Waals surface area (Å²) in [6, 6.07) is 12.3. The number of carbonyl (C=O) groups excluding carboxylic acids is 1. The summed E-state index contributed by atoms with van der Waals surface area (Å²) in [4.78, 5) is 15.7. The summed E-state index contributed by atoms with van der Waals surface area (Å²) < 4.78 is 5.96. The zero-order chi connectivity index (χ0) is 16.8. The molecule has 0 unspecified atom stereocenters. The fraction of sp³-hybridized carbons (Fsp3) is 0.421. The smallest absolute Gasteiger partial charge is 0.221 e. The van der Waals surface area contributed by atoms with Crippen molar-refractivity contribution in [1.29, 1.82) is 0 Å². The highest BCUT2D eigenvalue weighted by Crippen LogP contribution is 2.24. The molecule has 1 aromatic carbocycles. The molecule has 0 saturated carbocycles. The number of hydrogen-bond acceptors (Lipinski definition) is 4. The molecule has 0 radical (unpaired) electrons. The minimum absolute atomic E-state index is 0.123. The van der Waals surface area contributed by atoms with Gasteiger partial charge in [0.15, 0.2) is 0 Å². The van der Waals surface area contributed by atoms with Crippen molar-refractivity contribution in [3.8, 4) is 5.75 Å². The summed E-state index contributed by atoms with van der Waals surface area (Å²) in [5.41, 5.74) is 1.19. The second-order valence-corrected chi connectivity index (χ2v) is 7.23. The van der Waals surface area contributed by atoms with Gasteiger partial charge in [0.05, 0.1) is 0 Å². The van der Waals surface area contributed by atoms with Crippen LogP contribution in [0.2, 0.25) is 0 Å². The Morgan fingerprint density at radius 3 is 3.04 bits per heavy atom. The molecule has 3 rings (SSSR count). The Balaban J connectivity index is 1.44. The number of fused-ring (bicyclic) bond motifs is 1. The van der Waals surface area contributed by atoms with E-state index in [-0.39, 0.29) is 12.0 Å². The van der Waals surface area contributed by atoms with E-state index in [1.165, 1.54) is 10.4 Å². The highest BCUT2D eigenvalue weighted by molar-refractivity contribution is 7.09. The molecule has 0 saturated heterocycles. The lowest BCUT2D eigenvalue weighted by molar-refractivity contribution is -0.121. The van der Waals surface area contributed by atoms with Gasteiger partial charge in [0.1, 0.15) is 11.9 Å². The quantitative estimate of drug-likeness (QED) is 0.876. The van der Waals surface area contributed by atoms with Crippen molar-refractivity contribution >= 4 is 17.2 Å². The fourth-order valence-corrected chi connectivity index (χ4v) is 3.68. The minimum Gasteiger partial charge on any atom is -0.489 e. The van der Waals surface area contributed by atoms with Gasteiger partial charge in [-0.25, -0.2) is 0 Å². The van der Waals surface area contributed by atoms with Gasteiger partial charge in [-0.05, 0) is 30.9 Å². The molecule has 1 aromatic heterocycles. The molecule has 0 aliphatic carbocycles. The topological polar surface area (TPSA) is 41.6 Å². The largest absolute Gasteiger partial charge is 0.489 e. The van der Waals surface area contributed by atoms with Gasteiger partial charge in [0.25, 0.3) is 0 Å². The van der Waals surface area contributed by atoms with Gasteiger partial charge >= 0.3 is 0 Å². The molecule has 1 N–H and O–H groups in total. The first-order valence-corrected chi connectivity index (χ1v) is 9.34. The first kappa shape index (κ1) is 17.0. The molecule has 1 aliphatic heterocycles. The van der Waals surface area contributed by atoms with Gasteiger partial charge in [-0.15, -0.1) is 11.3 Å². The molecule has 1 aliphatic rings. The summed E-state index contributed by atoms with van der Waals surface area (Å²) in [6.45, 7) is 5.23. The van der Waals surface area contributed by atoms with Crippen LogP contribution < -0.4 is 10.1 Å². The van der Waals surface area contributed by atoms with Crippen LogP contribution in [0.3, 0.4) is 0 Å². The number of nitrogens with zero attached hydrogens (tertiary/aromatic N) is 1. The lowest BCUT2D eigenvalue weighted by atomic mass is 10.2. The maximum atomic E-state index is 12.1. The van der Waals surface area contributed by atoms with E-state index in [9.17, 15) is 4.79 Å². The maximum Gasteiger partial charge on any atom is 0.221 e. The molecular formula is C19H24N2O2S. The van der Waals surface area contributed by atoms with E-state index in [2.05, 4.69) is 34.7 Å². The Hall–Kier alpha value is -1.85. The van der Waals surface area contributed by atoms with Gasteiger partial charge in [-0.3, -0.25) is 9.69 Å². The van der Waals surface area contributed by atoms with Gasteiger partial charge < -0.3 is 10.1 Å². The molecule has 2 heterocycles. The van der Waals surface area contributed by atoms with Gasteiger partial charge in [-0.1, -0.05) is 24.3 Å². The predicted octanol–water partition coefficient (Wildman–Crippen LogP) is 3.08. The highest BCUT2D eigenvalue weighted by Gasteiger charge is 2.20. The molecule has 0 fully saturated rings. The van der Waals surface area contributed by atoms with E-state index in [0.29, 0.717) is 13.0 Å². The molecule has 128 valence electrons. The van der Waals surface area contributed by atoms with Gasteiger partial charge in [0, 0.05) is 43.0 Å². The molecule has 24 heavy (non-hydrogen) atoms. The number of ether oxygens (including phenoxy) is 1. The van der Waals surface area contributed by atoms with Crippen LogP contribution in [0.1, 0.15) is 23.8 Å². The van der Waals surface area contributed by atoms with Crippen molar-refractivity contribution in [2.45, 2.75) is 32.4 Å². The third kappa shape index (κ3) is 4.82. The van der Waals surface area contributed by atoms with Crippen LogP contribution in [-0.2, 0) is 17.8 Å². The highest BCUT2D eigenvalue weighted by atomic mass is 32.1. The molecule has 0 spiro atoms. The lowest BCUT2D eigenvalue weighted by Gasteiger charge is -2.21. The first-order chi connectivity index (χ1) is 11.7. The van der Waals surface area contributed by atoms with E-state index < -0.39 is 0 Å². The second-order valence-electron chi connectivity index (χ2n) is 6.20. The number of nitrogens with one attached hydrogen (secondary N) is 1. The lowest BCUT2D eigenvalue weighted by Crippen LogP contribution is -2.35. The molecule has 5 heteroatoms. The second kappa shape index (κ2) is 8.31. The van der Waals surface area contributed by atoms with Crippen molar-refractivity contribution in [2.24, 2.45) is 0 Å². The Morgan fingerprint density at radius 2 is 2.21 bits per heavy atom. The van der Waals surface area contributed by atoms with E-state index in [4.69, 9.17) is 4.74 Å². The monoisotopic (exact) mass is 344 g/mol. The number of para-hydroxylation sites is 1. The number of amides is 1. The van der Waals surface area contributed by atoms with Crippen molar-refractivity contribution in [3.05, 3.63) is 52.2 Å². The predicted molar refractivity (Wildman–Crippen MR) is 97.5 cm³/mol. The number of rotatable bonds is 6. The molecule has 0 bridgehead atoms. The summed E-state index contributed by atoms with van der Waals surface area (Å²) >= 11 is 1.73. The van der Waals surface area contributed by atoms with Gasteiger partial charge in [-0.2, -0.15) is 0 Å². The molecule has 4 nitrogen and oxygen atoms in total. The van der Waals surface area contributed by atoms with Crippen LogP contribution in [0.15, 0.2) is 41.8 Å². The minimum atomic E-state index is 0.123. The average Bonchev–Trinajstić information content (AvgIpc) is 3.01. The van der Waals surface area contributed by atoms with E-state index in [1.807, 2.05) is 24.3 Å². The number of benzene rings is 1. The average molecular weight is 344 g/mol. The third-order valence-corrected chi connectivity index (χ3v) is 5.07. The SMILES string of the molecule is C[C@H]1CN(CCC(=O)NCCc2cccs2)Cc2ccccc2O1. The van der Waals surface area contributed by atoms with Crippen LogP contribution in [-0.4, -0.2) is 36.5 Å². The fourth-order valence-electron chi connectivity index (χ4n) is 2.97. The standard InChI is InChI=1S/C19H24N2O2S/c1-15-13-21(14-16-5-2-3-7-18(16)23-15)11-9-19(22)20-10-8-17-6-4-12-24-17/h2-7,12,15H,8-11,13-14H2,1H3,(H,20,22)/t15-/m0/s1. The van der Waals surface area contributed by atoms with Crippen molar-refractivity contribution in [2.75, 3.05) is 19.6 Å². The van der Waals surface area contributed by atoms with Crippen LogP contribution >= 0.6 is 11.3 Å².